The SMILES string of the molecule is CCCCC1[OH+][C-](CCc2ccc(O)c(OC[C@H](NC3(C)CCCC3)C3=C[C+]4C(=N3)CC3(CCCC3)[C@H]3CCC[C@H]3[C@@H]4CNC[C@H](C)O)c2)C=C1CO. The fraction of sp³-hybridized carbons (Fsp3) is 0.711. The summed E-state index contributed by atoms with van der Waals surface area (Å²) in [6, 6.07) is 5.63. The largest absolute Gasteiger partial charge is 0.504 e. The van der Waals surface area contributed by atoms with Gasteiger partial charge >= 0.3 is 0 Å². The molecule has 0 amide bonds. The first-order valence-electron chi connectivity index (χ1n) is 21.3. The highest BCUT2D eigenvalue weighted by molar-refractivity contribution is 6.03. The Morgan fingerprint density at radius 2 is 1.91 bits per heavy atom. The summed E-state index contributed by atoms with van der Waals surface area (Å²) in [5.41, 5.74) is 4.90. The molecule has 0 radical (unpaired) electrons. The van der Waals surface area contributed by atoms with Gasteiger partial charge in [0.05, 0.1) is 18.1 Å². The van der Waals surface area contributed by atoms with Crippen molar-refractivity contribution in [2.75, 3.05) is 26.3 Å². The second-order valence-electron chi connectivity index (χ2n) is 17.9. The third-order valence-corrected chi connectivity index (χ3v) is 13.9. The molecule has 1 aromatic carbocycles. The molecule has 1 unspecified atom stereocenters. The van der Waals surface area contributed by atoms with E-state index in [-0.39, 0.29) is 36.1 Å². The van der Waals surface area contributed by atoms with Crippen molar-refractivity contribution in [3.63, 3.8) is 0 Å². The first-order chi connectivity index (χ1) is 25.7. The molecule has 4 saturated carbocycles. The number of nitrogens with zero attached hydrogens (tertiary/aromatic N) is 1. The summed E-state index contributed by atoms with van der Waals surface area (Å²) >= 11 is 0. The van der Waals surface area contributed by atoms with Crippen LogP contribution in [-0.2, 0) is 6.42 Å². The molecule has 0 aromatic heterocycles. The summed E-state index contributed by atoms with van der Waals surface area (Å²) in [4.78, 5) is 5.57. The van der Waals surface area contributed by atoms with Crippen molar-refractivity contribution < 1.29 is 24.8 Å². The Kier molecular flexibility index (Phi) is 12.5. The summed E-state index contributed by atoms with van der Waals surface area (Å²) in [6.45, 7) is 8.36. The summed E-state index contributed by atoms with van der Waals surface area (Å²) in [5, 5.41) is 38.7. The second-order valence-corrected chi connectivity index (χ2v) is 17.9. The quantitative estimate of drug-likeness (QED) is 0.0841. The van der Waals surface area contributed by atoms with E-state index in [1.807, 2.05) is 19.1 Å². The number of unbranched alkanes of at least 4 members (excludes halogenated alkanes) is 1. The van der Waals surface area contributed by atoms with Gasteiger partial charge in [0.15, 0.2) is 23.2 Å². The molecule has 0 saturated heterocycles. The van der Waals surface area contributed by atoms with E-state index in [0.29, 0.717) is 36.2 Å². The zero-order valence-corrected chi connectivity index (χ0v) is 32.8. The fourth-order valence-corrected chi connectivity index (χ4v) is 11.2. The zero-order valence-electron chi connectivity index (χ0n) is 32.8. The van der Waals surface area contributed by atoms with Crippen molar-refractivity contribution in [1.82, 2.24) is 10.6 Å². The fourth-order valence-electron chi connectivity index (χ4n) is 11.2. The van der Waals surface area contributed by atoms with Crippen LogP contribution in [0.1, 0.15) is 129 Å². The molecular formula is C45H68N3O5+. The number of aliphatic imine (C=N–C) groups is 1. The number of ether oxygens (including phenoxy) is 2. The predicted molar refractivity (Wildman–Crippen MR) is 213 cm³/mol. The first-order valence-corrected chi connectivity index (χ1v) is 21.3. The molecule has 1 aromatic rings. The number of phenolic OH excluding ortho intramolecular Hbond substituents is 1. The number of hydrogen-bond acceptors (Lipinski definition) is 7. The summed E-state index contributed by atoms with van der Waals surface area (Å²) in [5.74, 6) is 3.92. The highest BCUT2D eigenvalue weighted by Crippen LogP contribution is 2.61. The monoisotopic (exact) mass is 731 g/mol. The van der Waals surface area contributed by atoms with Crippen molar-refractivity contribution in [3.05, 3.63) is 59.2 Å². The summed E-state index contributed by atoms with van der Waals surface area (Å²) in [7, 11) is 0. The van der Waals surface area contributed by atoms with Gasteiger partial charge in [0.2, 0.25) is 0 Å². The molecule has 6 atom stereocenters. The van der Waals surface area contributed by atoms with Crippen LogP contribution in [0.4, 0.5) is 0 Å². The van der Waals surface area contributed by atoms with Crippen LogP contribution < -0.4 is 15.4 Å². The van der Waals surface area contributed by atoms with E-state index in [1.165, 1.54) is 69.4 Å². The van der Waals surface area contributed by atoms with Gasteiger partial charge in [-0.1, -0.05) is 51.5 Å². The number of aliphatic hydroxyl groups excluding tert-OH is 2. The molecular weight excluding hydrogens is 663 g/mol. The molecule has 7 rings (SSSR count). The van der Waals surface area contributed by atoms with Crippen molar-refractivity contribution in [3.8, 4) is 11.5 Å². The first kappa shape index (κ1) is 38.8. The summed E-state index contributed by atoms with van der Waals surface area (Å²) < 4.78 is 11.5. The number of fused-ring (bicyclic) bond motifs is 3. The van der Waals surface area contributed by atoms with Crippen LogP contribution in [0.25, 0.3) is 0 Å². The van der Waals surface area contributed by atoms with E-state index in [0.717, 1.165) is 86.8 Å². The van der Waals surface area contributed by atoms with E-state index in [2.05, 4.69) is 36.6 Å². The van der Waals surface area contributed by atoms with Crippen LogP contribution in [0, 0.1) is 35.2 Å². The lowest BCUT2D eigenvalue weighted by Crippen LogP contribution is -2.49. The smallest absolute Gasteiger partial charge is 0.196 e. The second kappa shape index (κ2) is 17.1. The van der Waals surface area contributed by atoms with Crippen LogP contribution in [0.2, 0.25) is 0 Å². The highest BCUT2D eigenvalue weighted by atomic mass is 16.5. The summed E-state index contributed by atoms with van der Waals surface area (Å²) in [6.07, 6.45) is 25.2. The number of aliphatic hydroxyl groups is 4. The van der Waals surface area contributed by atoms with Gasteiger partial charge in [-0.05, 0) is 107 Å². The van der Waals surface area contributed by atoms with Gasteiger partial charge in [-0.2, -0.15) is 0 Å². The van der Waals surface area contributed by atoms with E-state index in [9.17, 15) is 15.3 Å². The maximum Gasteiger partial charge on any atom is 0.196 e. The number of benzene rings is 1. The molecule has 2 heterocycles. The van der Waals surface area contributed by atoms with Gasteiger partial charge in [-0.15, -0.1) is 16.6 Å². The van der Waals surface area contributed by atoms with Crippen LogP contribution in [-0.4, -0.2) is 75.9 Å². The lowest BCUT2D eigenvalue weighted by molar-refractivity contribution is -0.0550. The molecule has 8 nitrogen and oxygen atoms in total. The Bertz CT molecular complexity index is 1470. The van der Waals surface area contributed by atoms with E-state index in [1.54, 1.807) is 6.07 Å². The van der Waals surface area contributed by atoms with Crippen molar-refractivity contribution >= 4 is 5.71 Å². The number of nitrogens with one attached hydrogen (secondary N) is 2. The molecule has 6 N–H and O–H groups in total. The topological polar surface area (TPSA) is 119 Å². The standard InChI is InChI=1S/C45H67N3O5/c1-4-5-13-42-32(28-49)23-33(53-42)16-14-31-15-17-41(51)43(22-31)52-29-40(48-44(3)18-6-7-19-44)38-24-35-36(27-46-26-30(2)50)34-11-10-12-37(34)45(20-8-9-21-45)25-39(35)47-38/h15,17,22-24,30,34,36-37,40,42,46,48-50,53H,4-14,16,18-21,25-29H2,1-3H3/p+1/t30-,34-,36-,37-,40-,42?/m0/s1. The lowest BCUT2D eigenvalue weighted by Gasteiger charge is -2.37. The van der Waals surface area contributed by atoms with Crippen LogP contribution >= 0.6 is 0 Å². The van der Waals surface area contributed by atoms with E-state index in [4.69, 9.17) is 14.5 Å². The number of aromatic hydroxyl groups is 1. The average Bonchev–Trinajstić information content (AvgIpc) is 3.99. The molecule has 292 valence electrons. The van der Waals surface area contributed by atoms with Crippen LogP contribution in [0.15, 0.2) is 46.6 Å². The number of aryl methyl sites for hydroxylation is 1. The van der Waals surface area contributed by atoms with Crippen molar-refractivity contribution in [1.29, 1.82) is 0 Å². The minimum atomic E-state index is -0.364. The zero-order chi connectivity index (χ0) is 37.0. The maximum atomic E-state index is 11.0. The maximum absolute atomic E-state index is 11.0. The van der Waals surface area contributed by atoms with Gasteiger partial charge in [-0.3, -0.25) is 5.32 Å². The molecule has 0 bridgehead atoms. The minimum Gasteiger partial charge on any atom is -0.504 e. The Morgan fingerprint density at radius 3 is 2.66 bits per heavy atom. The van der Waals surface area contributed by atoms with Gasteiger partial charge in [-0.25, -0.2) is 0 Å². The van der Waals surface area contributed by atoms with Gasteiger partial charge in [0.1, 0.15) is 30.4 Å². The predicted octanol–water partition coefficient (Wildman–Crippen LogP) is 7.43. The molecule has 4 aliphatic carbocycles. The number of allylic oxidation sites excluding steroid dienone is 1. The molecule has 53 heavy (non-hydrogen) atoms. The Hall–Kier alpha value is -2.49. The molecule has 2 aliphatic heterocycles. The Morgan fingerprint density at radius 1 is 1.11 bits per heavy atom. The van der Waals surface area contributed by atoms with Gasteiger partial charge in [0.25, 0.3) is 0 Å². The number of rotatable bonds is 17. The highest BCUT2D eigenvalue weighted by Gasteiger charge is 2.58. The van der Waals surface area contributed by atoms with E-state index >= 15 is 0 Å². The minimum absolute atomic E-state index is 0.0215. The van der Waals surface area contributed by atoms with Crippen LogP contribution in [0.3, 0.4) is 0 Å². The van der Waals surface area contributed by atoms with Crippen LogP contribution in [0.5, 0.6) is 11.5 Å². The lowest BCUT2D eigenvalue weighted by atomic mass is 9.66. The van der Waals surface area contributed by atoms with E-state index < -0.39 is 0 Å². The van der Waals surface area contributed by atoms with Crippen molar-refractivity contribution in [2.24, 2.45) is 28.2 Å². The third-order valence-electron chi connectivity index (χ3n) is 13.9. The molecule has 4 fully saturated rings. The normalized spacial score (nSPS) is 28.4. The molecule has 8 heteroatoms. The molecule has 1 spiro atoms. The Labute approximate surface area is 319 Å². The van der Waals surface area contributed by atoms with Crippen molar-refractivity contribution in [2.45, 2.75) is 154 Å². The third kappa shape index (κ3) is 8.83. The number of phenols is 1. The molecule has 6 aliphatic rings. The number of hydrogen-bond donors (Lipinski definition) is 5. The average molecular weight is 731 g/mol. The van der Waals surface area contributed by atoms with Gasteiger partial charge < -0.3 is 30.1 Å². The van der Waals surface area contributed by atoms with Gasteiger partial charge in [0, 0.05) is 38.1 Å². The Balaban J connectivity index is 1.10.